The van der Waals surface area contributed by atoms with E-state index >= 15 is 0 Å². The normalized spacial score (nSPS) is 19.7. The van der Waals surface area contributed by atoms with Crippen LogP contribution in [0.15, 0.2) is 0 Å². The van der Waals surface area contributed by atoms with Crippen molar-refractivity contribution in [2.45, 2.75) is 44.7 Å². The molecule has 1 aliphatic heterocycles. The van der Waals surface area contributed by atoms with E-state index in [1.54, 1.807) is 7.11 Å². The number of unbranched alkanes of at least 4 members (excludes halogenated alkanes) is 1. The number of rotatable bonds is 7. The molecule has 5 heteroatoms. The second-order valence-corrected chi connectivity index (χ2v) is 5.04. The van der Waals surface area contributed by atoms with E-state index in [0.717, 1.165) is 25.9 Å². The quantitative estimate of drug-likeness (QED) is 0.690. The van der Waals surface area contributed by atoms with Crippen molar-refractivity contribution in [1.82, 2.24) is 10.2 Å². The van der Waals surface area contributed by atoms with Crippen LogP contribution in [0.3, 0.4) is 0 Å². The summed E-state index contributed by atoms with van der Waals surface area (Å²) in [7, 11) is 1.55. The smallest absolute Gasteiger partial charge is 0.239 e. The van der Waals surface area contributed by atoms with Gasteiger partial charge in [-0.1, -0.05) is 13.3 Å². The number of hydrogen-bond donors (Lipinski definition) is 2. The van der Waals surface area contributed by atoms with E-state index in [1.165, 1.54) is 19.4 Å². The Morgan fingerprint density at radius 3 is 2.72 bits per heavy atom. The molecule has 0 aliphatic carbocycles. The summed E-state index contributed by atoms with van der Waals surface area (Å²) in [6.45, 7) is 5.82. The number of nitrogens with two attached hydrogens (primary N) is 1. The van der Waals surface area contributed by atoms with Crippen molar-refractivity contribution in [2.24, 2.45) is 5.73 Å². The van der Waals surface area contributed by atoms with Crippen LogP contribution < -0.4 is 11.1 Å². The van der Waals surface area contributed by atoms with E-state index in [-0.39, 0.29) is 18.6 Å². The highest BCUT2D eigenvalue weighted by molar-refractivity contribution is 5.81. The van der Waals surface area contributed by atoms with Crippen molar-refractivity contribution in [1.29, 1.82) is 0 Å². The second kappa shape index (κ2) is 8.45. The van der Waals surface area contributed by atoms with Gasteiger partial charge in [-0.3, -0.25) is 4.79 Å². The first-order chi connectivity index (χ1) is 8.67. The SMILES string of the molecule is CCCCN1CCC(NC(=O)C(N)COC)CC1. The molecule has 106 valence electrons. The number of piperidine rings is 1. The minimum absolute atomic E-state index is 0.0936. The van der Waals surface area contributed by atoms with E-state index < -0.39 is 6.04 Å². The maximum atomic E-state index is 11.7. The number of nitrogens with one attached hydrogen (secondary N) is 1. The first-order valence-corrected chi connectivity index (χ1v) is 6.94. The van der Waals surface area contributed by atoms with Crippen LogP contribution in [0.4, 0.5) is 0 Å². The minimum atomic E-state index is -0.548. The number of methoxy groups -OCH3 is 1. The van der Waals surface area contributed by atoms with Gasteiger partial charge in [0, 0.05) is 26.2 Å². The molecule has 0 bridgehead atoms. The average Bonchev–Trinajstić information content (AvgIpc) is 2.38. The van der Waals surface area contributed by atoms with Crippen LogP contribution in [-0.4, -0.2) is 56.2 Å². The Balaban J connectivity index is 2.20. The first-order valence-electron chi connectivity index (χ1n) is 6.94. The highest BCUT2D eigenvalue weighted by Crippen LogP contribution is 2.11. The van der Waals surface area contributed by atoms with Gasteiger partial charge in [-0.05, 0) is 25.8 Å². The fourth-order valence-corrected chi connectivity index (χ4v) is 2.25. The van der Waals surface area contributed by atoms with Crippen LogP contribution >= 0.6 is 0 Å². The van der Waals surface area contributed by atoms with Crippen LogP contribution in [0.5, 0.6) is 0 Å². The average molecular weight is 257 g/mol. The van der Waals surface area contributed by atoms with Gasteiger partial charge in [-0.15, -0.1) is 0 Å². The van der Waals surface area contributed by atoms with Crippen LogP contribution in [0, 0.1) is 0 Å². The monoisotopic (exact) mass is 257 g/mol. The molecule has 1 atom stereocenters. The number of carbonyl (C=O) groups excluding carboxylic acids is 1. The summed E-state index contributed by atoms with van der Waals surface area (Å²) >= 11 is 0. The molecule has 1 heterocycles. The fourth-order valence-electron chi connectivity index (χ4n) is 2.25. The molecule has 0 aromatic heterocycles. The third-order valence-electron chi connectivity index (χ3n) is 3.44. The van der Waals surface area contributed by atoms with Gasteiger partial charge in [0.15, 0.2) is 0 Å². The highest BCUT2D eigenvalue weighted by Gasteiger charge is 2.22. The maximum Gasteiger partial charge on any atom is 0.239 e. The minimum Gasteiger partial charge on any atom is -0.383 e. The first kappa shape index (κ1) is 15.4. The Kier molecular flexibility index (Phi) is 7.23. The lowest BCUT2D eigenvalue weighted by Gasteiger charge is -2.32. The lowest BCUT2D eigenvalue weighted by Crippen LogP contribution is -2.50. The van der Waals surface area contributed by atoms with Crippen molar-refractivity contribution in [3.8, 4) is 0 Å². The van der Waals surface area contributed by atoms with Gasteiger partial charge in [0.25, 0.3) is 0 Å². The fraction of sp³-hybridized carbons (Fsp3) is 0.923. The van der Waals surface area contributed by atoms with Crippen LogP contribution in [0.1, 0.15) is 32.6 Å². The summed E-state index contributed by atoms with van der Waals surface area (Å²) < 4.78 is 4.88. The third kappa shape index (κ3) is 5.33. The Morgan fingerprint density at radius 1 is 1.50 bits per heavy atom. The Morgan fingerprint density at radius 2 is 2.17 bits per heavy atom. The number of nitrogens with zero attached hydrogens (tertiary/aromatic N) is 1. The predicted octanol–water partition coefficient (Wildman–Crippen LogP) is 0.341. The number of ether oxygens (including phenoxy) is 1. The number of amides is 1. The van der Waals surface area contributed by atoms with Gasteiger partial charge < -0.3 is 20.7 Å². The van der Waals surface area contributed by atoms with Gasteiger partial charge in [0.05, 0.1) is 6.61 Å². The molecule has 1 unspecified atom stereocenters. The van der Waals surface area contributed by atoms with Crippen molar-refractivity contribution in [2.75, 3.05) is 33.4 Å². The predicted molar refractivity (Wildman–Crippen MR) is 72.4 cm³/mol. The summed E-state index contributed by atoms with van der Waals surface area (Å²) in [6, 6.07) is -0.272. The van der Waals surface area contributed by atoms with E-state index in [1.807, 2.05) is 0 Å². The molecule has 3 N–H and O–H groups in total. The molecule has 0 spiro atoms. The van der Waals surface area contributed by atoms with E-state index in [4.69, 9.17) is 10.5 Å². The van der Waals surface area contributed by atoms with E-state index in [9.17, 15) is 4.79 Å². The molecule has 5 nitrogen and oxygen atoms in total. The molecule has 0 aromatic carbocycles. The number of hydrogen-bond acceptors (Lipinski definition) is 4. The molecule has 0 radical (unpaired) electrons. The molecule has 0 aromatic rings. The standard InChI is InChI=1S/C13H27N3O2/c1-3-4-7-16-8-5-11(6-9-16)15-13(17)12(14)10-18-2/h11-12H,3-10,14H2,1-2H3,(H,15,17). The molecule has 1 amide bonds. The summed E-state index contributed by atoms with van der Waals surface area (Å²) in [5.41, 5.74) is 5.69. The largest absolute Gasteiger partial charge is 0.383 e. The molecular formula is C13H27N3O2. The lowest BCUT2D eigenvalue weighted by molar-refractivity contribution is -0.124. The molecule has 1 fully saturated rings. The van der Waals surface area contributed by atoms with Crippen LogP contribution in [0.2, 0.25) is 0 Å². The van der Waals surface area contributed by atoms with Gasteiger partial charge in [-0.2, -0.15) is 0 Å². The topological polar surface area (TPSA) is 67.6 Å². The van der Waals surface area contributed by atoms with Crippen molar-refractivity contribution >= 4 is 5.91 Å². The summed E-state index contributed by atoms with van der Waals surface area (Å²) in [5.74, 6) is -0.0936. The molecule has 1 rings (SSSR count). The van der Waals surface area contributed by atoms with Crippen LogP contribution in [-0.2, 0) is 9.53 Å². The zero-order chi connectivity index (χ0) is 13.4. The molecule has 1 saturated heterocycles. The summed E-state index contributed by atoms with van der Waals surface area (Å²) in [5, 5.41) is 3.01. The second-order valence-electron chi connectivity index (χ2n) is 5.04. The Bertz CT molecular complexity index is 240. The number of likely N-dealkylation sites (tertiary alicyclic amines) is 1. The molecule has 1 aliphatic rings. The third-order valence-corrected chi connectivity index (χ3v) is 3.44. The Labute approximate surface area is 110 Å². The van der Waals surface area contributed by atoms with Crippen molar-refractivity contribution < 1.29 is 9.53 Å². The Hall–Kier alpha value is -0.650. The van der Waals surface area contributed by atoms with Crippen molar-refractivity contribution in [3.05, 3.63) is 0 Å². The zero-order valence-electron chi connectivity index (χ0n) is 11.7. The zero-order valence-corrected chi connectivity index (χ0v) is 11.7. The van der Waals surface area contributed by atoms with Crippen LogP contribution in [0.25, 0.3) is 0 Å². The summed E-state index contributed by atoms with van der Waals surface area (Å²) in [6.07, 6.45) is 4.54. The molecular weight excluding hydrogens is 230 g/mol. The molecule has 18 heavy (non-hydrogen) atoms. The van der Waals surface area contributed by atoms with Crippen molar-refractivity contribution in [3.63, 3.8) is 0 Å². The van der Waals surface area contributed by atoms with Gasteiger partial charge >= 0.3 is 0 Å². The maximum absolute atomic E-state index is 11.7. The van der Waals surface area contributed by atoms with E-state index in [2.05, 4.69) is 17.1 Å². The highest BCUT2D eigenvalue weighted by atomic mass is 16.5. The van der Waals surface area contributed by atoms with Gasteiger partial charge in [0.1, 0.15) is 6.04 Å². The lowest BCUT2D eigenvalue weighted by atomic mass is 10.0. The summed E-state index contributed by atoms with van der Waals surface area (Å²) in [4.78, 5) is 14.2. The van der Waals surface area contributed by atoms with Gasteiger partial charge in [0.2, 0.25) is 5.91 Å². The molecule has 0 saturated carbocycles. The number of carbonyl (C=O) groups is 1. The van der Waals surface area contributed by atoms with E-state index in [0.29, 0.717) is 0 Å². The van der Waals surface area contributed by atoms with Gasteiger partial charge in [-0.25, -0.2) is 0 Å².